The lowest BCUT2D eigenvalue weighted by molar-refractivity contribution is -0.137. The van der Waals surface area contributed by atoms with Crippen molar-refractivity contribution >= 4 is 5.91 Å². The number of primary amides is 1. The minimum atomic E-state index is -4.48. The van der Waals surface area contributed by atoms with E-state index in [2.05, 4.69) is 6.07 Å². The Kier molecular flexibility index (Phi) is 3.88. The molecule has 0 fully saturated rings. The van der Waals surface area contributed by atoms with E-state index in [0.717, 1.165) is 12.1 Å². The first-order valence-corrected chi connectivity index (χ1v) is 5.90. The molecule has 6 heteroatoms. The highest BCUT2D eigenvalue weighted by atomic mass is 19.4. The van der Waals surface area contributed by atoms with Crippen molar-refractivity contribution in [2.24, 2.45) is 5.73 Å². The van der Waals surface area contributed by atoms with Crippen LogP contribution in [0.1, 0.15) is 15.9 Å². The Bertz CT molecular complexity index is 681. The number of alkyl halides is 3. The number of hydrogen-bond donors (Lipinski definition) is 1. The van der Waals surface area contributed by atoms with Gasteiger partial charge < -0.3 is 10.5 Å². The van der Waals surface area contributed by atoms with Gasteiger partial charge in [-0.25, -0.2) is 0 Å². The second-order valence-corrected chi connectivity index (χ2v) is 4.24. The van der Waals surface area contributed by atoms with Crippen LogP contribution in [-0.4, -0.2) is 13.0 Å². The van der Waals surface area contributed by atoms with Crippen molar-refractivity contribution in [2.45, 2.75) is 6.18 Å². The van der Waals surface area contributed by atoms with Crippen LogP contribution in [0.4, 0.5) is 13.2 Å². The van der Waals surface area contributed by atoms with Gasteiger partial charge in [-0.1, -0.05) is 12.1 Å². The van der Waals surface area contributed by atoms with Gasteiger partial charge in [-0.15, -0.1) is 0 Å². The van der Waals surface area contributed by atoms with Gasteiger partial charge in [-0.05, 0) is 35.9 Å². The number of methoxy groups -OCH3 is 1. The highest BCUT2D eigenvalue weighted by Gasteiger charge is 2.31. The summed E-state index contributed by atoms with van der Waals surface area (Å²) in [5.41, 5.74) is 4.79. The number of carbonyl (C=O) groups is 1. The van der Waals surface area contributed by atoms with Crippen LogP contribution >= 0.6 is 0 Å². The smallest absolute Gasteiger partial charge is 0.416 e. The first-order valence-electron chi connectivity index (χ1n) is 5.90. The van der Waals surface area contributed by atoms with Gasteiger partial charge >= 0.3 is 6.18 Å². The molecule has 0 atom stereocenters. The monoisotopic (exact) mass is 294 g/mol. The van der Waals surface area contributed by atoms with E-state index in [1.54, 1.807) is 0 Å². The Morgan fingerprint density at radius 2 is 2.00 bits per heavy atom. The molecule has 0 aliphatic heterocycles. The summed E-state index contributed by atoms with van der Waals surface area (Å²) >= 11 is 0. The molecule has 0 unspecified atom stereocenters. The summed E-state index contributed by atoms with van der Waals surface area (Å²) < 4.78 is 43.5. The number of carbonyl (C=O) groups excluding carboxylic acids is 1. The molecule has 0 aliphatic rings. The van der Waals surface area contributed by atoms with Gasteiger partial charge in [0.1, 0.15) is 5.75 Å². The van der Waals surface area contributed by atoms with Crippen LogP contribution in [0.25, 0.3) is 11.1 Å². The number of halogens is 3. The molecule has 0 saturated carbocycles. The predicted molar refractivity (Wildman–Crippen MR) is 70.8 cm³/mol. The molecule has 1 radical (unpaired) electrons. The normalized spacial score (nSPS) is 11.2. The van der Waals surface area contributed by atoms with E-state index >= 15 is 0 Å². The summed E-state index contributed by atoms with van der Waals surface area (Å²) in [4.78, 5) is 11.5. The molecule has 2 rings (SSSR count). The quantitative estimate of drug-likeness (QED) is 0.944. The highest BCUT2D eigenvalue weighted by Crippen LogP contribution is 2.36. The maximum atomic E-state index is 12.8. The van der Waals surface area contributed by atoms with Crippen LogP contribution in [0.3, 0.4) is 0 Å². The maximum Gasteiger partial charge on any atom is 0.416 e. The minimum Gasteiger partial charge on any atom is -0.496 e. The molecule has 0 spiro atoms. The average Bonchev–Trinajstić information content (AvgIpc) is 2.45. The summed E-state index contributed by atoms with van der Waals surface area (Å²) in [5.74, 6) is -0.539. The van der Waals surface area contributed by atoms with E-state index in [4.69, 9.17) is 10.5 Å². The SMILES string of the molecule is COc1cc[c]c(C(N)=O)c1-c1cccc(C(F)(F)F)c1. The van der Waals surface area contributed by atoms with Crippen LogP contribution in [-0.2, 0) is 6.18 Å². The molecule has 109 valence electrons. The molecular formula is C15H11F3NO2. The number of rotatable bonds is 3. The van der Waals surface area contributed by atoms with Crippen molar-refractivity contribution in [2.75, 3.05) is 7.11 Å². The van der Waals surface area contributed by atoms with Gasteiger partial charge in [0.15, 0.2) is 0 Å². The van der Waals surface area contributed by atoms with Crippen molar-refractivity contribution in [1.82, 2.24) is 0 Å². The lowest BCUT2D eigenvalue weighted by Crippen LogP contribution is -2.13. The zero-order valence-electron chi connectivity index (χ0n) is 11.0. The fourth-order valence-electron chi connectivity index (χ4n) is 1.98. The van der Waals surface area contributed by atoms with Crippen LogP contribution in [0.5, 0.6) is 5.75 Å². The Balaban J connectivity index is 2.69. The fourth-order valence-corrected chi connectivity index (χ4v) is 1.98. The lowest BCUT2D eigenvalue weighted by atomic mass is 9.96. The highest BCUT2D eigenvalue weighted by molar-refractivity contribution is 6.01. The molecule has 2 N–H and O–H groups in total. The van der Waals surface area contributed by atoms with Crippen molar-refractivity contribution in [3.05, 3.63) is 53.6 Å². The van der Waals surface area contributed by atoms with Gasteiger partial charge in [-0.3, -0.25) is 4.79 Å². The lowest BCUT2D eigenvalue weighted by Gasteiger charge is -2.14. The van der Waals surface area contributed by atoms with Gasteiger partial charge in [0.2, 0.25) is 5.91 Å². The van der Waals surface area contributed by atoms with Gasteiger partial charge in [0.05, 0.1) is 18.2 Å². The number of ether oxygens (including phenoxy) is 1. The molecule has 2 aromatic carbocycles. The number of benzene rings is 2. The van der Waals surface area contributed by atoms with E-state index in [0.29, 0.717) is 0 Å². The predicted octanol–water partition coefficient (Wildman–Crippen LogP) is 3.28. The van der Waals surface area contributed by atoms with Crippen LogP contribution < -0.4 is 10.5 Å². The fraction of sp³-hybridized carbons (Fsp3) is 0.133. The van der Waals surface area contributed by atoms with Crippen LogP contribution in [0, 0.1) is 6.07 Å². The van der Waals surface area contributed by atoms with Crippen molar-refractivity contribution in [3.8, 4) is 16.9 Å². The third kappa shape index (κ3) is 2.99. The van der Waals surface area contributed by atoms with E-state index in [1.807, 2.05) is 0 Å². The third-order valence-corrected chi connectivity index (χ3v) is 2.90. The largest absolute Gasteiger partial charge is 0.496 e. The number of hydrogen-bond acceptors (Lipinski definition) is 2. The zero-order valence-corrected chi connectivity index (χ0v) is 11.0. The maximum absolute atomic E-state index is 12.8. The Hall–Kier alpha value is -2.50. The van der Waals surface area contributed by atoms with E-state index in [9.17, 15) is 18.0 Å². The van der Waals surface area contributed by atoms with E-state index < -0.39 is 17.6 Å². The Morgan fingerprint density at radius 3 is 2.57 bits per heavy atom. The zero-order chi connectivity index (χ0) is 15.6. The molecule has 2 aromatic rings. The average molecular weight is 294 g/mol. The molecule has 21 heavy (non-hydrogen) atoms. The van der Waals surface area contributed by atoms with Gasteiger partial charge in [-0.2, -0.15) is 13.2 Å². The first kappa shape index (κ1) is 14.9. The molecule has 0 bridgehead atoms. The molecule has 0 aliphatic carbocycles. The Labute approximate surface area is 119 Å². The summed E-state index contributed by atoms with van der Waals surface area (Å²) in [6, 6.07) is 10.2. The van der Waals surface area contributed by atoms with Crippen molar-refractivity contribution in [3.63, 3.8) is 0 Å². The minimum absolute atomic E-state index is 0.0197. The second-order valence-electron chi connectivity index (χ2n) is 4.24. The first-order chi connectivity index (χ1) is 9.84. The van der Waals surface area contributed by atoms with Crippen molar-refractivity contribution in [1.29, 1.82) is 0 Å². The Morgan fingerprint density at radius 1 is 1.29 bits per heavy atom. The van der Waals surface area contributed by atoms with E-state index in [-0.39, 0.29) is 22.4 Å². The molecule has 0 aromatic heterocycles. The topological polar surface area (TPSA) is 52.3 Å². The second kappa shape index (κ2) is 5.47. The molecule has 1 amide bonds. The van der Waals surface area contributed by atoms with Crippen LogP contribution in [0.2, 0.25) is 0 Å². The molecule has 0 saturated heterocycles. The molecular weight excluding hydrogens is 283 g/mol. The number of nitrogens with two attached hydrogens (primary N) is 1. The summed E-state index contributed by atoms with van der Waals surface area (Å²) in [5, 5.41) is 0. The summed E-state index contributed by atoms with van der Waals surface area (Å²) in [6.45, 7) is 0. The van der Waals surface area contributed by atoms with Gasteiger partial charge in [0.25, 0.3) is 0 Å². The molecule has 0 heterocycles. The molecule has 3 nitrogen and oxygen atoms in total. The third-order valence-electron chi connectivity index (χ3n) is 2.90. The van der Waals surface area contributed by atoms with Gasteiger partial charge in [0, 0.05) is 5.56 Å². The van der Waals surface area contributed by atoms with E-state index in [1.165, 1.54) is 31.4 Å². The summed E-state index contributed by atoms with van der Waals surface area (Å²) in [7, 11) is 1.36. The summed E-state index contributed by atoms with van der Waals surface area (Å²) in [6.07, 6.45) is -4.48. The van der Waals surface area contributed by atoms with Crippen LogP contribution in [0.15, 0.2) is 36.4 Å². The van der Waals surface area contributed by atoms with Crippen molar-refractivity contribution < 1.29 is 22.7 Å². The standard InChI is InChI=1S/C15H11F3NO2/c1-21-12-7-3-6-11(14(19)20)13(12)9-4-2-5-10(8-9)15(16,17)18/h2-5,7-8H,1H3,(H2,19,20). The number of amides is 1.